The number of allylic oxidation sites excluding steroid dienone is 3. The molecule has 0 aromatic heterocycles. The first-order valence-corrected chi connectivity index (χ1v) is 10.1. The summed E-state index contributed by atoms with van der Waals surface area (Å²) in [6.07, 6.45) is 11.9. The SMILES string of the molecule is C[C@]12CCC(O)CC1=CC[C@@H]1[C@@H]2CC[C@]2(C)C(C(=O)CCl)=CC[C@@H]12. The van der Waals surface area contributed by atoms with Gasteiger partial charge in [0.25, 0.3) is 0 Å². The summed E-state index contributed by atoms with van der Waals surface area (Å²) in [5.74, 6) is 2.22. The van der Waals surface area contributed by atoms with Gasteiger partial charge in [-0.25, -0.2) is 0 Å². The third-order valence-electron chi connectivity index (χ3n) is 8.08. The lowest BCUT2D eigenvalue weighted by Crippen LogP contribution is -2.50. The van der Waals surface area contributed by atoms with E-state index < -0.39 is 0 Å². The molecule has 2 fully saturated rings. The molecule has 0 aromatic rings. The van der Waals surface area contributed by atoms with Gasteiger partial charge in [0.1, 0.15) is 0 Å². The Morgan fingerprint density at radius 3 is 2.67 bits per heavy atom. The van der Waals surface area contributed by atoms with Crippen molar-refractivity contribution in [1.29, 1.82) is 0 Å². The van der Waals surface area contributed by atoms with Crippen molar-refractivity contribution < 1.29 is 9.90 Å². The third kappa shape index (κ3) is 2.22. The van der Waals surface area contributed by atoms with E-state index in [4.69, 9.17) is 11.6 Å². The standard InChI is InChI=1S/C21H29ClO2/c1-20-9-7-14(23)11-13(20)3-4-15-16-5-6-18(19(24)12-22)21(16,2)10-8-17(15)20/h3,6,14-17,23H,4-5,7-12H2,1-2H3/t14?,15-,16-,17-,20-,21-/m0/s1. The number of Topliss-reactive ketones (excluding diaryl/α,β-unsaturated/α-hetero) is 1. The lowest BCUT2D eigenvalue weighted by molar-refractivity contribution is -0.115. The van der Waals surface area contributed by atoms with E-state index in [-0.39, 0.29) is 28.6 Å². The highest BCUT2D eigenvalue weighted by Gasteiger charge is 2.57. The number of aliphatic hydroxyl groups excluding tert-OH is 1. The Hall–Kier alpha value is -0.600. The smallest absolute Gasteiger partial charge is 0.173 e. The van der Waals surface area contributed by atoms with Crippen LogP contribution in [0, 0.1) is 28.6 Å². The molecule has 4 rings (SSSR count). The van der Waals surface area contributed by atoms with Crippen LogP contribution in [0.4, 0.5) is 0 Å². The van der Waals surface area contributed by atoms with Crippen molar-refractivity contribution >= 4 is 17.4 Å². The Labute approximate surface area is 150 Å². The molecule has 0 aromatic carbocycles. The molecule has 2 nitrogen and oxygen atoms in total. The summed E-state index contributed by atoms with van der Waals surface area (Å²) in [6.45, 7) is 4.75. The van der Waals surface area contributed by atoms with Crippen LogP contribution in [0.2, 0.25) is 0 Å². The number of halogens is 1. The summed E-state index contributed by atoms with van der Waals surface area (Å²) in [5, 5.41) is 10.1. The molecule has 4 aliphatic carbocycles. The summed E-state index contributed by atoms with van der Waals surface area (Å²) < 4.78 is 0. The maximum absolute atomic E-state index is 12.3. The number of fused-ring (bicyclic) bond motifs is 5. The van der Waals surface area contributed by atoms with E-state index in [9.17, 15) is 9.90 Å². The molecule has 0 amide bonds. The predicted octanol–water partition coefficient (Wildman–Crippen LogP) is 4.65. The van der Waals surface area contributed by atoms with Gasteiger partial charge in [0.2, 0.25) is 0 Å². The van der Waals surface area contributed by atoms with Crippen LogP contribution in [-0.2, 0) is 4.79 Å². The minimum atomic E-state index is -0.143. The summed E-state index contributed by atoms with van der Waals surface area (Å²) in [7, 11) is 0. The Kier molecular flexibility index (Phi) is 4.01. The molecule has 2 saturated carbocycles. The Balaban J connectivity index is 1.65. The highest BCUT2D eigenvalue weighted by atomic mass is 35.5. The largest absolute Gasteiger partial charge is 0.393 e. The number of ketones is 1. The van der Waals surface area contributed by atoms with Gasteiger partial charge in [-0.15, -0.1) is 11.6 Å². The summed E-state index contributed by atoms with van der Waals surface area (Å²) in [4.78, 5) is 12.3. The average molecular weight is 349 g/mol. The van der Waals surface area contributed by atoms with E-state index in [1.807, 2.05) is 0 Å². The molecular formula is C21H29ClO2. The van der Waals surface area contributed by atoms with Crippen LogP contribution in [0.15, 0.2) is 23.3 Å². The topological polar surface area (TPSA) is 37.3 Å². The first kappa shape index (κ1) is 16.8. The van der Waals surface area contributed by atoms with Crippen LogP contribution < -0.4 is 0 Å². The molecule has 0 bridgehead atoms. The van der Waals surface area contributed by atoms with Gasteiger partial charge >= 0.3 is 0 Å². The molecule has 3 heteroatoms. The molecule has 4 aliphatic rings. The fourth-order valence-corrected chi connectivity index (χ4v) is 6.86. The zero-order valence-corrected chi connectivity index (χ0v) is 15.6. The van der Waals surface area contributed by atoms with Crippen molar-refractivity contribution in [3.8, 4) is 0 Å². The Bertz CT molecular complexity index is 621. The molecule has 0 spiro atoms. The first-order valence-electron chi connectivity index (χ1n) is 9.57. The van der Waals surface area contributed by atoms with Crippen LogP contribution in [0.3, 0.4) is 0 Å². The monoisotopic (exact) mass is 348 g/mol. The number of aliphatic hydroxyl groups is 1. The van der Waals surface area contributed by atoms with Crippen molar-refractivity contribution in [1.82, 2.24) is 0 Å². The van der Waals surface area contributed by atoms with E-state index in [2.05, 4.69) is 26.0 Å². The van der Waals surface area contributed by atoms with E-state index >= 15 is 0 Å². The third-order valence-corrected chi connectivity index (χ3v) is 8.32. The molecule has 0 saturated heterocycles. The molecular weight excluding hydrogens is 320 g/mol. The summed E-state index contributed by atoms with van der Waals surface area (Å²) >= 11 is 5.87. The van der Waals surface area contributed by atoms with Crippen LogP contribution in [0.1, 0.15) is 58.8 Å². The Morgan fingerprint density at radius 2 is 1.92 bits per heavy atom. The van der Waals surface area contributed by atoms with Crippen LogP contribution in [0.5, 0.6) is 0 Å². The van der Waals surface area contributed by atoms with Crippen molar-refractivity contribution in [2.24, 2.45) is 28.6 Å². The highest BCUT2D eigenvalue weighted by molar-refractivity contribution is 6.30. The number of hydrogen-bond donors (Lipinski definition) is 1. The second kappa shape index (κ2) is 5.71. The van der Waals surface area contributed by atoms with E-state index in [1.165, 1.54) is 12.0 Å². The molecule has 24 heavy (non-hydrogen) atoms. The molecule has 1 N–H and O–H groups in total. The van der Waals surface area contributed by atoms with Gasteiger partial charge in [-0.05, 0) is 79.1 Å². The van der Waals surface area contributed by atoms with Gasteiger partial charge < -0.3 is 5.11 Å². The molecule has 132 valence electrons. The van der Waals surface area contributed by atoms with Gasteiger partial charge in [-0.3, -0.25) is 4.79 Å². The average Bonchev–Trinajstić information content (AvgIpc) is 2.92. The second-order valence-corrected chi connectivity index (χ2v) is 9.29. The quantitative estimate of drug-likeness (QED) is 0.582. The van der Waals surface area contributed by atoms with E-state index in [0.29, 0.717) is 17.8 Å². The zero-order valence-electron chi connectivity index (χ0n) is 14.9. The minimum absolute atomic E-state index is 0.0308. The second-order valence-electron chi connectivity index (χ2n) is 9.02. The summed E-state index contributed by atoms with van der Waals surface area (Å²) in [6, 6.07) is 0. The fraction of sp³-hybridized carbons (Fsp3) is 0.762. The lowest BCUT2D eigenvalue weighted by atomic mass is 9.47. The molecule has 0 aliphatic heterocycles. The maximum atomic E-state index is 12.3. The number of hydrogen-bond acceptors (Lipinski definition) is 2. The van der Waals surface area contributed by atoms with Crippen LogP contribution in [0.25, 0.3) is 0 Å². The number of carbonyl (C=O) groups is 1. The van der Waals surface area contributed by atoms with Crippen LogP contribution in [-0.4, -0.2) is 22.9 Å². The Morgan fingerprint density at radius 1 is 1.17 bits per heavy atom. The minimum Gasteiger partial charge on any atom is -0.393 e. The van der Waals surface area contributed by atoms with Crippen molar-refractivity contribution in [2.75, 3.05) is 5.88 Å². The number of carbonyl (C=O) groups excluding carboxylic acids is 1. The maximum Gasteiger partial charge on any atom is 0.173 e. The summed E-state index contributed by atoms with van der Waals surface area (Å²) in [5.41, 5.74) is 2.82. The van der Waals surface area contributed by atoms with Crippen LogP contribution >= 0.6 is 11.6 Å². The van der Waals surface area contributed by atoms with E-state index in [1.54, 1.807) is 0 Å². The number of alkyl halides is 1. The first-order chi connectivity index (χ1) is 11.4. The fourth-order valence-electron chi connectivity index (χ4n) is 6.71. The highest BCUT2D eigenvalue weighted by Crippen LogP contribution is 2.64. The molecule has 0 radical (unpaired) electrons. The van der Waals surface area contributed by atoms with Crippen molar-refractivity contribution in [3.63, 3.8) is 0 Å². The molecule has 6 atom stereocenters. The zero-order chi connectivity index (χ0) is 17.1. The van der Waals surface area contributed by atoms with Gasteiger partial charge in [0.05, 0.1) is 12.0 Å². The normalized spacial score (nSPS) is 47.2. The van der Waals surface area contributed by atoms with Gasteiger partial charge in [0, 0.05) is 0 Å². The lowest BCUT2D eigenvalue weighted by Gasteiger charge is -2.57. The van der Waals surface area contributed by atoms with Gasteiger partial charge in [0.15, 0.2) is 5.78 Å². The van der Waals surface area contributed by atoms with Gasteiger partial charge in [-0.2, -0.15) is 0 Å². The van der Waals surface area contributed by atoms with Crippen molar-refractivity contribution in [2.45, 2.75) is 64.9 Å². The molecule has 0 heterocycles. The number of rotatable bonds is 2. The predicted molar refractivity (Wildman–Crippen MR) is 96.9 cm³/mol. The van der Waals surface area contributed by atoms with Gasteiger partial charge in [-0.1, -0.05) is 31.6 Å². The van der Waals surface area contributed by atoms with E-state index in [0.717, 1.165) is 44.1 Å². The molecule has 1 unspecified atom stereocenters. The van der Waals surface area contributed by atoms with Crippen molar-refractivity contribution in [3.05, 3.63) is 23.3 Å².